The second-order valence-corrected chi connectivity index (χ2v) is 13.2. The summed E-state index contributed by atoms with van der Waals surface area (Å²) in [4.78, 5) is 51.4. The molecule has 1 N–H and O–H groups in total. The van der Waals surface area contributed by atoms with Crippen molar-refractivity contribution in [3.8, 4) is 11.9 Å². The number of carbonyl (C=O) groups excluding carboxylic acids is 2. The molecular formula is C35H40N8O4. The third kappa shape index (κ3) is 6.01. The number of likely N-dealkylation sites (tertiary alicyclic amines) is 1. The quantitative estimate of drug-likeness (QED) is 0.303. The van der Waals surface area contributed by atoms with Crippen molar-refractivity contribution < 1.29 is 14.3 Å². The van der Waals surface area contributed by atoms with Crippen molar-refractivity contribution in [2.24, 2.45) is 7.05 Å². The number of nitrogens with zero attached hydrogens (tertiary/aromatic N) is 7. The number of piperidine rings is 2. The van der Waals surface area contributed by atoms with Gasteiger partial charge in [0.05, 0.1) is 33.6 Å². The molecule has 2 aliphatic heterocycles. The Hall–Kier alpha value is -4.60. The highest BCUT2D eigenvalue weighted by Crippen LogP contribution is 2.32. The van der Waals surface area contributed by atoms with Gasteiger partial charge in [-0.25, -0.2) is 14.8 Å². The Morgan fingerprint density at radius 3 is 2.51 bits per heavy atom. The molecule has 244 valence electrons. The van der Waals surface area contributed by atoms with Crippen LogP contribution in [0.2, 0.25) is 0 Å². The number of aromatic nitrogens is 4. The Bertz CT molecular complexity index is 1930. The molecule has 3 aliphatic rings. The van der Waals surface area contributed by atoms with Crippen LogP contribution in [0, 0.1) is 11.3 Å². The molecule has 0 bridgehead atoms. The lowest BCUT2D eigenvalue weighted by Crippen LogP contribution is -2.48. The van der Waals surface area contributed by atoms with Crippen molar-refractivity contribution in [3.05, 3.63) is 64.3 Å². The molecule has 12 heteroatoms. The lowest BCUT2D eigenvalue weighted by molar-refractivity contribution is -0.135. The number of nitrogens with one attached hydrogen (secondary N) is 1. The number of amides is 2. The Balaban J connectivity index is 0.951. The number of imidazole rings is 1. The maximum atomic E-state index is 13.3. The maximum absolute atomic E-state index is 13.3. The van der Waals surface area contributed by atoms with Crippen molar-refractivity contribution in [2.45, 2.75) is 82.1 Å². The molecule has 4 aromatic rings. The number of aryl methyl sites for hydroxylation is 1. The van der Waals surface area contributed by atoms with E-state index in [1.165, 1.54) is 6.33 Å². The summed E-state index contributed by atoms with van der Waals surface area (Å²) in [6, 6.07) is 13.8. The number of para-hydroxylation sites is 1. The Morgan fingerprint density at radius 2 is 1.77 bits per heavy atom. The van der Waals surface area contributed by atoms with Gasteiger partial charge < -0.3 is 9.64 Å². The van der Waals surface area contributed by atoms with Gasteiger partial charge in [0.25, 0.3) is 0 Å². The van der Waals surface area contributed by atoms with E-state index in [1.54, 1.807) is 28.3 Å². The van der Waals surface area contributed by atoms with E-state index in [-0.39, 0.29) is 24.1 Å². The van der Waals surface area contributed by atoms with Gasteiger partial charge in [-0.05, 0) is 94.9 Å². The fraction of sp³-hybridized carbons (Fsp3) is 0.486. The van der Waals surface area contributed by atoms with Crippen LogP contribution >= 0.6 is 0 Å². The minimum absolute atomic E-state index is 0.0915. The molecule has 1 saturated carbocycles. The van der Waals surface area contributed by atoms with Crippen molar-refractivity contribution >= 4 is 33.8 Å². The highest BCUT2D eigenvalue weighted by Gasteiger charge is 2.33. The first kappa shape index (κ1) is 31.0. The minimum atomic E-state index is -0.683. The highest BCUT2D eigenvalue weighted by molar-refractivity contribution is 6.00. The number of ether oxygens (including phenoxy) is 1. The van der Waals surface area contributed by atoms with E-state index in [1.807, 2.05) is 18.2 Å². The lowest BCUT2D eigenvalue weighted by atomic mass is 9.90. The topological polar surface area (TPSA) is 138 Å². The van der Waals surface area contributed by atoms with Gasteiger partial charge in [-0.3, -0.25) is 28.9 Å². The predicted molar refractivity (Wildman–Crippen MR) is 176 cm³/mol. The average Bonchev–Trinajstić information content (AvgIpc) is 3.34. The summed E-state index contributed by atoms with van der Waals surface area (Å²) in [5.41, 5.74) is 3.76. The van der Waals surface area contributed by atoms with Crippen LogP contribution in [0.4, 0.5) is 0 Å². The normalized spacial score (nSPS) is 22.9. The van der Waals surface area contributed by atoms with Crippen molar-refractivity contribution in [1.29, 1.82) is 5.26 Å². The van der Waals surface area contributed by atoms with Crippen molar-refractivity contribution in [2.75, 3.05) is 20.1 Å². The molecule has 7 rings (SSSR count). The molecule has 2 aromatic heterocycles. The Morgan fingerprint density at radius 1 is 1.00 bits per heavy atom. The van der Waals surface area contributed by atoms with Crippen molar-refractivity contribution in [1.82, 2.24) is 34.2 Å². The highest BCUT2D eigenvalue weighted by atomic mass is 16.5. The van der Waals surface area contributed by atoms with Gasteiger partial charge in [0.15, 0.2) is 0 Å². The molecule has 2 saturated heterocycles. The largest absolute Gasteiger partial charge is 0.474 e. The predicted octanol–water partition coefficient (Wildman–Crippen LogP) is 3.42. The SMILES string of the molecule is CN(C1CCC(Oc2ncnc3ccc(C#N)cc23)CC1)C1CCN(Cc2cccc3c2n(C)c(=O)n3C2CCC(=O)NC2=O)CC1. The molecule has 1 atom stereocenters. The zero-order valence-corrected chi connectivity index (χ0v) is 26.9. The standard InChI is InChI=1S/C35H40N8O4/c1-40(24-7-9-26(10-8-24)47-34-27-18-22(19-36)6-11-28(27)37-21-38-34)25-14-16-42(17-15-25)20-23-4-3-5-29-32(23)41(2)35(46)43(29)30-12-13-31(44)39-33(30)45/h3-6,11,18,21,24-26,30H,7-10,12-17,20H2,1-2H3,(H,39,44,45). The minimum Gasteiger partial charge on any atom is -0.474 e. The van der Waals surface area contributed by atoms with Crippen LogP contribution in [0.3, 0.4) is 0 Å². The van der Waals surface area contributed by atoms with E-state index < -0.39 is 11.9 Å². The first-order valence-corrected chi connectivity index (χ1v) is 16.6. The van der Waals surface area contributed by atoms with Crippen LogP contribution in [0.15, 0.2) is 47.5 Å². The lowest BCUT2D eigenvalue weighted by Gasteiger charge is -2.42. The van der Waals surface area contributed by atoms with Gasteiger partial charge in [-0.1, -0.05) is 12.1 Å². The van der Waals surface area contributed by atoms with E-state index in [4.69, 9.17) is 4.74 Å². The van der Waals surface area contributed by atoms with Gasteiger partial charge in [0.2, 0.25) is 17.7 Å². The van der Waals surface area contributed by atoms with Crippen LogP contribution in [0.1, 0.15) is 68.5 Å². The summed E-state index contributed by atoms with van der Waals surface area (Å²) in [5.74, 6) is -0.150. The fourth-order valence-electron chi connectivity index (χ4n) is 7.83. The van der Waals surface area contributed by atoms with Crippen LogP contribution in [-0.2, 0) is 23.2 Å². The van der Waals surface area contributed by atoms with Crippen LogP contribution < -0.4 is 15.7 Å². The third-order valence-corrected chi connectivity index (χ3v) is 10.5. The molecule has 0 radical (unpaired) electrons. The Kier molecular flexibility index (Phi) is 8.51. The molecule has 12 nitrogen and oxygen atoms in total. The maximum Gasteiger partial charge on any atom is 0.329 e. The number of hydrogen-bond donors (Lipinski definition) is 1. The second-order valence-electron chi connectivity index (χ2n) is 13.2. The first-order valence-electron chi connectivity index (χ1n) is 16.6. The van der Waals surface area contributed by atoms with Crippen LogP contribution in [0.25, 0.3) is 21.9 Å². The molecule has 47 heavy (non-hydrogen) atoms. The number of hydrogen-bond acceptors (Lipinski definition) is 9. The van der Waals surface area contributed by atoms with E-state index >= 15 is 0 Å². The monoisotopic (exact) mass is 636 g/mol. The van der Waals surface area contributed by atoms with E-state index in [2.05, 4.69) is 44.3 Å². The van der Waals surface area contributed by atoms with E-state index in [0.717, 1.165) is 85.7 Å². The summed E-state index contributed by atoms with van der Waals surface area (Å²) in [7, 11) is 4.03. The zero-order valence-electron chi connectivity index (χ0n) is 26.9. The smallest absolute Gasteiger partial charge is 0.329 e. The van der Waals surface area contributed by atoms with Gasteiger partial charge in [-0.15, -0.1) is 0 Å². The van der Waals surface area contributed by atoms with Crippen LogP contribution in [0.5, 0.6) is 5.88 Å². The number of carbonyl (C=O) groups is 2. The fourth-order valence-corrected chi connectivity index (χ4v) is 7.83. The van der Waals surface area contributed by atoms with E-state index in [9.17, 15) is 19.6 Å². The summed E-state index contributed by atoms with van der Waals surface area (Å²) < 4.78 is 9.56. The van der Waals surface area contributed by atoms with Gasteiger partial charge in [0, 0.05) is 32.1 Å². The van der Waals surface area contributed by atoms with E-state index in [0.29, 0.717) is 29.9 Å². The number of imide groups is 1. The number of benzene rings is 2. The molecular weight excluding hydrogens is 596 g/mol. The van der Waals surface area contributed by atoms with Crippen LogP contribution in [-0.4, -0.2) is 79.0 Å². The van der Waals surface area contributed by atoms with Gasteiger partial charge >= 0.3 is 5.69 Å². The number of nitriles is 1. The molecule has 4 heterocycles. The Labute approximate surface area is 272 Å². The molecule has 1 unspecified atom stereocenters. The number of rotatable bonds is 7. The summed E-state index contributed by atoms with van der Waals surface area (Å²) in [5, 5.41) is 12.5. The average molecular weight is 637 g/mol. The summed E-state index contributed by atoms with van der Waals surface area (Å²) in [6.07, 6.45) is 8.36. The second kappa shape index (κ2) is 12.9. The molecule has 0 spiro atoms. The molecule has 2 aromatic carbocycles. The zero-order chi connectivity index (χ0) is 32.7. The summed E-state index contributed by atoms with van der Waals surface area (Å²) in [6.45, 7) is 2.67. The summed E-state index contributed by atoms with van der Waals surface area (Å²) >= 11 is 0. The van der Waals surface area contributed by atoms with Crippen molar-refractivity contribution in [3.63, 3.8) is 0 Å². The molecule has 2 amide bonds. The number of fused-ring (bicyclic) bond motifs is 2. The van der Waals surface area contributed by atoms with Gasteiger partial charge in [0.1, 0.15) is 18.5 Å². The molecule has 1 aliphatic carbocycles. The molecule has 3 fully saturated rings. The van der Waals surface area contributed by atoms with Gasteiger partial charge in [-0.2, -0.15) is 5.26 Å². The third-order valence-electron chi connectivity index (χ3n) is 10.5. The first-order chi connectivity index (χ1) is 22.8.